The lowest BCUT2D eigenvalue weighted by Crippen LogP contribution is -2.19. The van der Waals surface area contributed by atoms with Crippen LogP contribution in [0.3, 0.4) is 0 Å². The molecule has 2 aromatic carbocycles. The number of benzene rings is 2. The normalized spacial score (nSPS) is 9.77. The third-order valence-electron chi connectivity index (χ3n) is 9.79. The molecule has 0 unspecified atom stereocenters. The molecule has 26 nitrogen and oxygen atoms in total. The first-order valence-electron chi connectivity index (χ1n) is 24.1. The SMILES string of the molecule is CC/C=C/c1cccc(Br)c1.CCC(=O)CC(=O)OC.CN.COC(=O)CC(=O)/C(C)=C\O.Cc1cn(C)c(=O)c([N+](=O)[O-])c1O.Cc1cn(C)c(=O)c2[nH]c(=O)oc12.Cc1cn(C)c(=O)cc1O.O=C=O.O=CO/C=C/c1cccc(Br)c1. The molecule has 0 fully saturated rings. The minimum Gasteiger partial charge on any atom is -0.515 e. The smallest absolute Gasteiger partial charge is 0.417 e. The number of aromatic nitrogens is 4. The standard InChI is InChI=1S/C10H11Br.C9H7BrO2.C8H8N2O3.C7H8N2O4.C7H9NO2.C7H10O4.C6H10O3.CH5N.CO2/c1-2-3-5-9-6-4-7-10(11)8-9;10-9-3-1-2-8(6-9)4-5-12-7-11;1-4-3-10(2)7(11)5-6(4)13-8(12)9-5;1-4-3-8(2)7(11)5(6(4)10)9(12)13;1-5-4-8(2)7(10)3-6(5)9;1-5(4-8)6(9)3-7(10)11-2;1-3-5(7)4-6(8)9-2;1-2;2-1-3/h3-8H,2H2,1H3;1-7H;3H,1-2H3,(H,9,12);3,10H,1-2H3;3-4,9H,1-2H3;4,8H,3H2,1-2H3;3-4H2,1-2H3;2H2,1H3;/b5-3+;5-4+;;;;5-4-;;;. The van der Waals surface area contributed by atoms with Crippen LogP contribution >= 0.6 is 31.9 Å². The number of aliphatic hydroxyl groups is 1. The van der Waals surface area contributed by atoms with Gasteiger partial charge in [-0.2, -0.15) is 9.59 Å². The number of oxazole rings is 1. The molecule has 0 spiro atoms. The molecule has 0 aliphatic heterocycles. The molecule has 6 aromatic rings. The van der Waals surface area contributed by atoms with Crippen LogP contribution in [-0.2, 0) is 68.9 Å². The Balaban J connectivity index is -0.000000902. The van der Waals surface area contributed by atoms with Crippen LogP contribution in [0.25, 0.3) is 23.3 Å². The van der Waals surface area contributed by atoms with Crippen molar-refractivity contribution in [1.82, 2.24) is 18.7 Å². The fourth-order valence-corrected chi connectivity index (χ4v) is 6.35. The van der Waals surface area contributed by atoms with Gasteiger partial charge in [0.2, 0.25) is 5.75 Å². The highest BCUT2D eigenvalue weighted by atomic mass is 79.9. The summed E-state index contributed by atoms with van der Waals surface area (Å²) >= 11 is 6.75. The van der Waals surface area contributed by atoms with Crippen molar-refractivity contribution in [2.24, 2.45) is 26.9 Å². The number of carbonyl (C=O) groups is 5. The Hall–Kier alpha value is -9.37. The van der Waals surface area contributed by atoms with Gasteiger partial charge in [0.05, 0.1) is 31.7 Å². The highest BCUT2D eigenvalue weighted by molar-refractivity contribution is 9.10. The molecule has 4 heterocycles. The quantitative estimate of drug-likeness (QED) is 0.0116. The molecule has 6 N–H and O–H groups in total. The molecule has 0 aliphatic rings. The van der Waals surface area contributed by atoms with Gasteiger partial charge in [-0.05, 0) is 82.6 Å². The topological polar surface area (TPSA) is 389 Å². The third kappa shape index (κ3) is 32.2. The molecular formula is C56H68Br2N6O20. The summed E-state index contributed by atoms with van der Waals surface area (Å²) in [7, 11) is 8.63. The van der Waals surface area contributed by atoms with E-state index in [4.69, 9.17) is 24.2 Å². The number of H-pyrrole nitrogens is 1. The number of pyridine rings is 3. The Bertz CT molecular complexity index is 3460. The number of aromatic amines is 1. The fourth-order valence-electron chi connectivity index (χ4n) is 5.52. The Labute approximate surface area is 498 Å². The maximum absolute atomic E-state index is 11.4. The van der Waals surface area contributed by atoms with Gasteiger partial charge in [0, 0.05) is 83.4 Å². The summed E-state index contributed by atoms with van der Waals surface area (Å²) in [5.41, 5.74) is 7.18. The van der Waals surface area contributed by atoms with Crippen molar-refractivity contribution in [2.75, 3.05) is 21.3 Å². The summed E-state index contributed by atoms with van der Waals surface area (Å²) in [5.74, 6) is -2.67. The van der Waals surface area contributed by atoms with E-state index < -0.39 is 45.4 Å². The lowest BCUT2D eigenvalue weighted by atomic mass is 10.1. The number of Topliss-reactive ketones (excluding diaryl/α,β-unsaturated/α-hetero) is 2. The fraction of sp³-hybridized carbons (Fsp3) is 0.286. The first-order valence-corrected chi connectivity index (χ1v) is 25.7. The highest BCUT2D eigenvalue weighted by Gasteiger charge is 2.22. The molecule has 0 amide bonds. The third-order valence-corrected chi connectivity index (χ3v) is 10.8. The van der Waals surface area contributed by atoms with E-state index in [0.717, 1.165) is 31.1 Å². The van der Waals surface area contributed by atoms with Crippen LogP contribution in [0, 0.1) is 30.9 Å². The van der Waals surface area contributed by atoms with Crippen molar-refractivity contribution in [3.05, 3.63) is 186 Å². The number of aliphatic hydroxyl groups excluding tert-OH is 1. The molecule has 0 saturated carbocycles. The summed E-state index contributed by atoms with van der Waals surface area (Å²) in [6, 6.07) is 17.1. The molecule has 0 bridgehead atoms. The predicted molar refractivity (Wildman–Crippen MR) is 319 cm³/mol. The number of nitrogens with two attached hydrogens (primary N) is 1. The number of aromatic hydroxyl groups is 2. The molecule has 0 aliphatic carbocycles. The molecule has 0 radical (unpaired) electrons. The molecule has 4 aromatic heterocycles. The van der Waals surface area contributed by atoms with E-state index in [1.807, 2.05) is 36.4 Å². The number of ketones is 2. The number of carbonyl (C=O) groups excluding carboxylic acids is 7. The van der Waals surface area contributed by atoms with Crippen LogP contribution in [-0.4, -0.2) is 96.3 Å². The number of ether oxygens (including phenoxy) is 3. The van der Waals surface area contributed by atoms with Gasteiger partial charge in [-0.15, -0.1) is 0 Å². The van der Waals surface area contributed by atoms with Crippen LogP contribution in [0.1, 0.15) is 74.3 Å². The van der Waals surface area contributed by atoms with Gasteiger partial charge >= 0.3 is 35.1 Å². The second-order valence-electron chi connectivity index (χ2n) is 16.1. The van der Waals surface area contributed by atoms with E-state index in [9.17, 15) is 58.4 Å². The molecule has 6 rings (SSSR count). The van der Waals surface area contributed by atoms with Gasteiger partial charge < -0.3 is 53.4 Å². The van der Waals surface area contributed by atoms with Gasteiger partial charge in [0.1, 0.15) is 24.4 Å². The van der Waals surface area contributed by atoms with E-state index >= 15 is 0 Å². The maximum Gasteiger partial charge on any atom is 0.417 e. The number of nitrogens with zero attached hydrogens (tertiary/aromatic N) is 4. The van der Waals surface area contributed by atoms with E-state index in [1.54, 1.807) is 53.3 Å². The second-order valence-corrected chi connectivity index (χ2v) is 17.9. The largest absolute Gasteiger partial charge is 0.515 e. The summed E-state index contributed by atoms with van der Waals surface area (Å²) < 4.78 is 23.7. The number of rotatable bonds is 12. The lowest BCUT2D eigenvalue weighted by Gasteiger charge is -2.02. The monoisotopic (exact) mass is 1300 g/mol. The molecule has 28 heteroatoms. The molecule has 0 atom stereocenters. The number of hydrogen-bond donors (Lipinski definition) is 5. The number of allylic oxidation sites excluding steroid dienone is 2. The van der Waals surface area contributed by atoms with Crippen molar-refractivity contribution >= 4 is 96.9 Å². The van der Waals surface area contributed by atoms with Crippen molar-refractivity contribution in [2.45, 2.75) is 67.2 Å². The Morgan fingerprint density at radius 2 is 1.27 bits per heavy atom. The zero-order valence-corrected chi connectivity index (χ0v) is 51.3. The average molecular weight is 1300 g/mol. The van der Waals surface area contributed by atoms with Crippen LogP contribution in [0.5, 0.6) is 11.5 Å². The number of nitro groups is 1. The van der Waals surface area contributed by atoms with Gasteiger partial charge in [-0.25, -0.2) is 4.79 Å². The van der Waals surface area contributed by atoms with Gasteiger partial charge in [0.15, 0.2) is 16.9 Å². The minimum absolute atomic E-state index is 0.0584. The number of esters is 2. The summed E-state index contributed by atoms with van der Waals surface area (Å²) in [6.45, 7) is 10.7. The molecular weight excluding hydrogens is 1240 g/mol. The Morgan fingerprint density at radius 1 is 0.786 bits per heavy atom. The van der Waals surface area contributed by atoms with Gasteiger partial charge in [-0.3, -0.25) is 53.5 Å². The predicted octanol–water partition coefficient (Wildman–Crippen LogP) is 7.40. The van der Waals surface area contributed by atoms with Crippen LogP contribution < -0.4 is 28.2 Å². The second kappa shape index (κ2) is 44.3. The van der Waals surface area contributed by atoms with Crippen molar-refractivity contribution in [3.63, 3.8) is 0 Å². The van der Waals surface area contributed by atoms with E-state index in [0.29, 0.717) is 35.9 Å². The average Bonchev–Trinajstić information content (AvgIpc) is 2.68. The highest BCUT2D eigenvalue weighted by Crippen LogP contribution is 2.24. The van der Waals surface area contributed by atoms with E-state index in [1.165, 1.54) is 75.4 Å². The number of halogens is 2. The van der Waals surface area contributed by atoms with E-state index in [2.05, 4.69) is 88.0 Å². The number of fused-ring (bicyclic) bond motifs is 1. The summed E-state index contributed by atoms with van der Waals surface area (Å²) in [5, 5.41) is 37.0. The van der Waals surface area contributed by atoms with Crippen LogP contribution in [0.15, 0.2) is 130 Å². The number of nitrogens with one attached hydrogen (secondary N) is 1. The van der Waals surface area contributed by atoms with Crippen molar-refractivity contribution in [1.29, 1.82) is 0 Å². The first-order chi connectivity index (χ1) is 39.5. The van der Waals surface area contributed by atoms with Crippen LogP contribution in [0.4, 0.5) is 5.69 Å². The Kier molecular flexibility index (Phi) is 41.6. The lowest BCUT2D eigenvalue weighted by molar-refractivity contribution is -0.387. The zero-order valence-electron chi connectivity index (χ0n) is 48.1. The molecule has 0 saturated heterocycles. The number of aryl methyl sites for hydroxylation is 6. The number of methoxy groups -OCH3 is 2. The minimum atomic E-state index is -0.884. The maximum atomic E-state index is 11.4. The zero-order chi connectivity index (χ0) is 65.2. The van der Waals surface area contributed by atoms with E-state index in [-0.39, 0.29) is 52.7 Å². The van der Waals surface area contributed by atoms with Crippen LogP contribution in [0.2, 0.25) is 0 Å². The van der Waals surface area contributed by atoms with Crippen molar-refractivity contribution in [3.8, 4) is 11.5 Å². The first kappa shape index (κ1) is 78.9. The number of hydrogen-bond acceptors (Lipinski definition) is 21. The van der Waals surface area contributed by atoms with Crippen molar-refractivity contribution < 1.29 is 72.4 Å². The summed E-state index contributed by atoms with van der Waals surface area (Å²) in [6.07, 6.45) is 13.9. The molecule has 84 heavy (non-hydrogen) atoms. The molecule has 456 valence electrons. The Morgan fingerprint density at radius 3 is 1.73 bits per heavy atom. The van der Waals surface area contributed by atoms with Gasteiger partial charge in [0.25, 0.3) is 17.6 Å². The van der Waals surface area contributed by atoms with Gasteiger partial charge in [-0.1, -0.05) is 82.1 Å². The summed E-state index contributed by atoms with van der Waals surface area (Å²) in [4.78, 5) is 124.